The summed E-state index contributed by atoms with van der Waals surface area (Å²) in [4.78, 5) is 12.0. The van der Waals surface area contributed by atoms with E-state index in [1.165, 1.54) is 17.3 Å². The van der Waals surface area contributed by atoms with E-state index in [-0.39, 0.29) is 5.91 Å². The van der Waals surface area contributed by atoms with Crippen molar-refractivity contribution in [3.63, 3.8) is 0 Å². The Balaban J connectivity index is 2.47. The SMILES string of the molecule is Cc1oc(C)c(C(=O)NCCCCCI)c1C. The van der Waals surface area contributed by atoms with E-state index in [0.717, 1.165) is 24.3 Å². The first-order chi connectivity index (χ1) is 8.07. The quantitative estimate of drug-likeness (QED) is 0.485. The van der Waals surface area contributed by atoms with Gasteiger partial charge in [-0.15, -0.1) is 0 Å². The highest BCUT2D eigenvalue weighted by atomic mass is 127. The van der Waals surface area contributed by atoms with E-state index < -0.39 is 0 Å². The molecule has 1 rings (SSSR count). The Morgan fingerprint density at radius 3 is 2.41 bits per heavy atom. The Kier molecular flexibility index (Phi) is 6.02. The number of carbonyl (C=O) groups is 1. The average molecular weight is 349 g/mol. The normalized spacial score (nSPS) is 10.6. The van der Waals surface area contributed by atoms with Crippen LogP contribution in [0, 0.1) is 20.8 Å². The molecule has 17 heavy (non-hydrogen) atoms. The second kappa shape index (κ2) is 7.03. The maximum absolute atomic E-state index is 12.0. The molecule has 0 aliphatic carbocycles. The lowest BCUT2D eigenvalue weighted by atomic mass is 10.1. The van der Waals surface area contributed by atoms with Gasteiger partial charge in [-0.25, -0.2) is 0 Å². The van der Waals surface area contributed by atoms with E-state index >= 15 is 0 Å². The number of aryl methyl sites for hydroxylation is 2. The van der Waals surface area contributed by atoms with Crippen LogP contribution in [0.3, 0.4) is 0 Å². The summed E-state index contributed by atoms with van der Waals surface area (Å²) in [6, 6.07) is 0. The molecule has 1 N–H and O–H groups in total. The third-order valence-electron chi connectivity index (χ3n) is 2.88. The van der Waals surface area contributed by atoms with Gasteiger partial charge in [-0.1, -0.05) is 29.0 Å². The van der Waals surface area contributed by atoms with Crippen LogP contribution >= 0.6 is 22.6 Å². The van der Waals surface area contributed by atoms with Crippen LogP contribution in [0.25, 0.3) is 0 Å². The van der Waals surface area contributed by atoms with Gasteiger partial charge in [0.15, 0.2) is 0 Å². The molecule has 1 aromatic rings. The van der Waals surface area contributed by atoms with Gasteiger partial charge in [0.1, 0.15) is 11.5 Å². The van der Waals surface area contributed by atoms with Crippen LogP contribution < -0.4 is 5.32 Å². The molecule has 0 atom stereocenters. The number of hydrogen-bond donors (Lipinski definition) is 1. The highest BCUT2D eigenvalue weighted by Crippen LogP contribution is 2.20. The highest BCUT2D eigenvalue weighted by Gasteiger charge is 2.17. The van der Waals surface area contributed by atoms with Crippen molar-refractivity contribution in [3.05, 3.63) is 22.6 Å². The number of halogens is 1. The largest absolute Gasteiger partial charge is 0.466 e. The van der Waals surface area contributed by atoms with Crippen molar-refractivity contribution in [3.8, 4) is 0 Å². The fraction of sp³-hybridized carbons (Fsp3) is 0.615. The standard InChI is InChI=1S/C13H20INO2/c1-9-10(2)17-11(3)12(9)13(16)15-8-6-4-5-7-14/h4-8H2,1-3H3,(H,15,16). The Bertz CT molecular complexity index is 385. The molecule has 4 heteroatoms. The molecule has 0 radical (unpaired) electrons. The minimum absolute atomic E-state index is 0.00803. The highest BCUT2D eigenvalue weighted by molar-refractivity contribution is 14.1. The molecule has 0 fully saturated rings. The Labute approximate surface area is 116 Å². The van der Waals surface area contributed by atoms with Crippen molar-refractivity contribution in [2.75, 3.05) is 11.0 Å². The van der Waals surface area contributed by atoms with Crippen molar-refractivity contribution < 1.29 is 9.21 Å². The Morgan fingerprint density at radius 2 is 1.88 bits per heavy atom. The first kappa shape index (κ1) is 14.5. The second-order valence-corrected chi connectivity index (χ2v) is 5.30. The van der Waals surface area contributed by atoms with Gasteiger partial charge in [-0.3, -0.25) is 4.79 Å². The van der Waals surface area contributed by atoms with E-state index in [9.17, 15) is 4.79 Å². The maximum atomic E-state index is 12.0. The summed E-state index contributed by atoms with van der Waals surface area (Å²) < 4.78 is 6.63. The van der Waals surface area contributed by atoms with Crippen molar-refractivity contribution in [2.24, 2.45) is 0 Å². The van der Waals surface area contributed by atoms with Crippen molar-refractivity contribution in [1.29, 1.82) is 0 Å². The summed E-state index contributed by atoms with van der Waals surface area (Å²) in [6.45, 7) is 6.40. The van der Waals surface area contributed by atoms with Crippen molar-refractivity contribution in [2.45, 2.75) is 40.0 Å². The predicted molar refractivity (Wildman–Crippen MR) is 78.0 cm³/mol. The lowest BCUT2D eigenvalue weighted by Crippen LogP contribution is -2.25. The first-order valence-corrected chi connectivity index (χ1v) is 7.51. The van der Waals surface area contributed by atoms with Gasteiger partial charge in [0, 0.05) is 12.1 Å². The number of amides is 1. The number of alkyl halides is 1. The number of nitrogens with one attached hydrogen (secondary N) is 1. The monoisotopic (exact) mass is 349 g/mol. The molecule has 96 valence electrons. The number of hydrogen-bond acceptors (Lipinski definition) is 2. The smallest absolute Gasteiger partial charge is 0.255 e. The fourth-order valence-corrected chi connectivity index (χ4v) is 2.35. The molecular formula is C13H20INO2. The summed E-state index contributed by atoms with van der Waals surface area (Å²) in [5, 5.41) is 2.95. The number of rotatable bonds is 6. The third-order valence-corrected chi connectivity index (χ3v) is 3.65. The molecule has 0 saturated heterocycles. The Hall–Kier alpha value is -0.520. The van der Waals surface area contributed by atoms with Crippen LogP contribution in [0.1, 0.15) is 46.7 Å². The summed E-state index contributed by atoms with van der Waals surface area (Å²) >= 11 is 2.37. The molecule has 0 bridgehead atoms. The third kappa shape index (κ3) is 4.01. The Morgan fingerprint density at radius 1 is 1.18 bits per heavy atom. The number of carbonyl (C=O) groups excluding carboxylic acids is 1. The van der Waals surface area contributed by atoms with Crippen LogP contribution in [-0.4, -0.2) is 16.9 Å². The molecule has 0 aliphatic heterocycles. The van der Waals surface area contributed by atoms with Crippen LogP contribution in [0.15, 0.2) is 4.42 Å². The summed E-state index contributed by atoms with van der Waals surface area (Å²) in [5.74, 6) is 1.54. The van der Waals surface area contributed by atoms with Crippen LogP contribution in [0.5, 0.6) is 0 Å². The van der Waals surface area contributed by atoms with Gasteiger partial charge in [-0.05, 0) is 38.0 Å². The maximum Gasteiger partial charge on any atom is 0.255 e. The number of furan rings is 1. The minimum atomic E-state index is -0.00803. The summed E-state index contributed by atoms with van der Waals surface area (Å²) in [5.41, 5.74) is 1.66. The van der Waals surface area contributed by atoms with Gasteiger partial charge < -0.3 is 9.73 Å². The predicted octanol–water partition coefficient (Wildman–Crippen LogP) is 3.54. The lowest BCUT2D eigenvalue weighted by Gasteiger charge is -2.04. The van der Waals surface area contributed by atoms with E-state index in [1.54, 1.807) is 0 Å². The van der Waals surface area contributed by atoms with Crippen molar-refractivity contribution >= 4 is 28.5 Å². The van der Waals surface area contributed by atoms with Gasteiger partial charge in [0.05, 0.1) is 5.56 Å². The number of unbranched alkanes of at least 4 members (excludes halogenated alkanes) is 2. The van der Waals surface area contributed by atoms with Gasteiger partial charge in [0.2, 0.25) is 0 Å². The van der Waals surface area contributed by atoms with E-state index in [4.69, 9.17) is 4.42 Å². The molecule has 1 amide bonds. The van der Waals surface area contributed by atoms with Gasteiger partial charge in [0.25, 0.3) is 5.91 Å². The van der Waals surface area contributed by atoms with Gasteiger partial charge >= 0.3 is 0 Å². The summed E-state index contributed by atoms with van der Waals surface area (Å²) in [6.07, 6.45) is 3.44. The zero-order chi connectivity index (χ0) is 12.8. The molecule has 1 aromatic heterocycles. The molecule has 0 saturated carbocycles. The van der Waals surface area contributed by atoms with E-state index in [1.807, 2.05) is 20.8 Å². The lowest BCUT2D eigenvalue weighted by molar-refractivity contribution is 0.0951. The van der Waals surface area contributed by atoms with Gasteiger partial charge in [-0.2, -0.15) is 0 Å². The zero-order valence-corrected chi connectivity index (χ0v) is 12.9. The molecule has 0 unspecified atom stereocenters. The van der Waals surface area contributed by atoms with Crippen LogP contribution in [0.2, 0.25) is 0 Å². The van der Waals surface area contributed by atoms with Crippen molar-refractivity contribution in [1.82, 2.24) is 5.32 Å². The van der Waals surface area contributed by atoms with Crippen LogP contribution in [0.4, 0.5) is 0 Å². The molecule has 1 heterocycles. The molecule has 3 nitrogen and oxygen atoms in total. The molecule has 0 aliphatic rings. The van der Waals surface area contributed by atoms with E-state index in [0.29, 0.717) is 11.3 Å². The first-order valence-electron chi connectivity index (χ1n) is 5.98. The fourth-order valence-electron chi connectivity index (χ4n) is 1.81. The minimum Gasteiger partial charge on any atom is -0.466 e. The average Bonchev–Trinajstić information content (AvgIpc) is 2.53. The topological polar surface area (TPSA) is 42.2 Å². The molecule has 0 spiro atoms. The molecule has 0 aromatic carbocycles. The summed E-state index contributed by atoms with van der Waals surface area (Å²) in [7, 11) is 0. The molecular weight excluding hydrogens is 329 g/mol. The van der Waals surface area contributed by atoms with E-state index in [2.05, 4.69) is 27.9 Å². The zero-order valence-electron chi connectivity index (χ0n) is 10.7. The second-order valence-electron chi connectivity index (χ2n) is 4.22. The van der Waals surface area contributed by atoms with Crippen LogP contribution in [-0.2, 0) is 0 Å².